The summed E-state index contributed by atoms with van der Waals surface area (Å²) in [7, 11) is 0. The zero-order chi connectivity index (χ0) is 11.1. The minimum atomic E-state index is 0.791. The summed E-state index contributed by atoms with van der Waals surface area (Å²) in [6, 6.07) is 0.868. The summed E-state index contributed by atoms with van der Waals surface area (Å²) in [5.74, 6) is 0.791. The van der Waals surface area contributed by atoms with Gasteiger partial charge in [-0.1, -0.05) is 13.0 Å². The Kier molecular flexibility index (Phi) is 5.96. The van der Waals surface area contributed by atoms with Crippen LogP contribution in [-0.4, -0.2) is 30.6 Å². The van der Waals surface area contributed by atoms with E-state index < -0.39 is 0 Å². The number of rotatable bonds is 9. The van der Waals surface area contributed by atoms with Gasteiger partial charge in [-0.3, -0.25) is 4.90 Å². The van der Waals surface area contributed by atoms with E-state index in [0.717, 1.165) is 25.0 Å². The number of hydrogen-bond donors (Lipinski definition) is 1. The molecule has 1 saturated carbocycles. The third-order valence-corrected chi connectivity index (χ3v) is 3.23. The second kappa shape index (κ2) is 7.02. The highest BCUT2D eigenvalue weighted by Gasteiger charge is 2.27. The van der Waals surface area contributed by atoms with Gasteiger partial charge in [0.25, 0.3) is 0 Å². The number of nitrogens with two attached hydrogens (primary N) is 1. The van der Waals surface area contributed by atoms with Gasteiger partial charge in [-0.05, 0) is 51.1 Å². The van der Waals surface area contributed by atoms with Crippen LogP contribution in [0.5, 0.6) is 0 Å². The Labute approximate surface area is 94.5 Å². The first-order chi connectivity index (χ1) is 7.27. The minimum Gasteiger partial charge on any atom is -0.330 e. The second-order valence-electron chi connectivity index (χ2n) is 4.84. The summed E-state index contributed by atoms with van der Waals surface area (Å²) < 4.78 is 0. The molecule has 0 aromatic carbocycles. The van der Waals surface area contributed by atoms with Gasteiger partial charge in [0.2, 0.25) is 0 Å². The lowest BCUT2D eigenvalue weighted by Gasteiger charge is -2.20. The van der Waals surface area contributed by atoms with Gasteiger partial charge in [-0.2, -0.15) is 0 Å². The zero-order valence-corrected chi connectivity index (χ0v) is 10.1. The molecule has 0 aromatic heterocycles. The van der Waals surface area contributed by atoms with E-state index in [4.69, 9.17) is 5.73 Å². The first-order valence-corrected chi connectivity index (χ1v) is 6.33. The normalized spacial score (nSPS) is 18.1. The first-order valence-electron chi connectivity index (χ1n) is 6.33. The van der Waals surface area contributed by atoms with Crippen LogP contribution in [-0.2, 0) is 0 Å². The molecule has 2 nitrogen and oxygen atoms in total. The van der Waals surface area contributed by atoms with E-state index in [-0.39, 0.29) is 0 Å². The molecule has 1 fully saturated rings. The molecule has 0 radical (unpaired) electrons. The van der Waals surface area contributed by atoms with Crippen LogP contribution >= 0.6 is 0 Å². The average molecular weight is 210 g/mol. The molecule has 0 aliphatic heterocycles. The van der Waals surface area contributed by atoms with E-state index in [1.54, 1.807) is 0 Å². The lowest BCUT2D eigenvalue weighted by atomic mass is 10.0. The van der Waals surface area contributed by atoms with Crippen LogP contribution in [0.3, 0.4) is 0 Å². The van der Waals surface area contributed by atoms with Crippen molar-refractivity contribution in [1.29, 1.82) is 0 Å². The van der Waals surface area contributed by atoms with Gasteiger partial charge in [0.1, 0.15) is 0 Å². The molecule has 2 N–H and O–H groups in total. The van der Waals surface area contributed by atoms with E-state index in [1.807, 2.05) is 6.08 Å². The highest BCUT2D eigenvalue weighted by atomic mass is 15.2. The zero-order valence-electron chi connectivity index (χ0n) is 10.1. The maximum atomic E-state index is 5.54. The molecule has 1 aliphatic rings. The molecule has 0 spiro atoms. The third-order valence-electron chi connectivity index (χ3n) is 3.23. The molecule has 0 heterocycles. The molecule has 1 unspecified atom stereocenters. The molecule has 1 atom stereocenters. The summed E-state index contributed by atoms with van der Waals surface area (Å²) in [4.78, 5) is 2.57. The quantitative estimate of drug-likeness (QED) is 0.592. The Balaban J connectivity index is 2.07. The van der Waals surface area contributed by atoms with E-state index in [2.05, 4.69) is 18.4 Å². The van der Waals surface area contributed by atoms with E-state index in [1.165, 1.54) is 38.6 Å². The van der Waals surface area contributed by atoms with Crippen molar-refractivity contribution in [3.63, 3.8) is 0 Å². The molecule has 0 amide bonds. The van der Waals surface area contributed by atoms with Crippen molar-refractivity contribution in [2.24, 2.45) is 11.7 Å². The fraction of sp³-hybridized carbons (Fsp3) is 0.846. The number of hydrogen-bond acceptors (Lipinski definition) is 2. The molecule has 0 aromatic rings. The topological polar surface area (TPSA) is 29.3 Å². The van der Waals surface area contributed by atoms with Crippen LogP contribution in [0.25, 0.3) is 0 Å². The minimum absolute atomic E-state index is 0.791. The van der Waals surface area contributed by atoms with E-state index in [9.17, 15) is 0 Å². The average Bonchev–Trinajstić information content (AvgIpc) is 3.00. The van der Waals surface area contributed by atoms with Gasteiger partial charge in [-0.25, -0.2) is 0 Å². The maximum absolute atomic E-state index is 5.54. The third kappa shape index (κ3) is 5.33. The van der Waals surface area contributed by atoms with Gasteiger partial charge < -0.3 is 5.73 Å². The highest BCUT2D eigenvalue weighted by Crippen LogP contribution is 2.27. The molecular weight excluding hydrogens is 184 g/mol. The monoisotopic (exact) mass is 210 g/mol. The summed E-state index contributed by atoms with van der Waals surface area (Å²) in [5, 5.41) is 0. The van der Waals surface area contributed by atoms with Crippen LogP contribution in [0.15, 0.2) is 12.7 Å². The van der Waals surface area contributed by atoms with Crippen molar-refractivity contribution in [3.05, 3.63) is 12.7 Å². The van der Waals surface area contributed by atoms with Gasteiger partial charge in [0, 0.05) is 12.6 Å². The largest absolute Gasteiger partial charge is 0.330 e. The van der Waals surface area contributed by atoms with Crippen molar-refractivity contribution < 1.29 is 0 Å². The number of nitrogens with zero attached hydrogens (tertiary/aromatic N) is 1. The van der Waals surface area contributed by atoms with Crippen LogP contribution in [0, 0.1) is 5.92 Å². The highest BCUT2D eigenvalue weighted by molar-refractivity contribution is 4.88. The van der Waals surface area contributed by atoms with Crippen molar-refractivity contribution >= 4 is 0 Å². The van der Waals surface area contributed by atoms with Crippen molar-refractivity contribution in [2.45, 2.75) is 45.1 Å². The van der Waals surface area contributed by atoms with E-state index in [0.29, 0.717) is 0 Å². The molecule has 0 bridgehead atoms. The molecule has 15 heavy (non-hydrogen) atoms. The van der Waals surface area contributed by atoms with Crippen molar-refractivity contribution in [1.82, 2.24) is 4.90 Å². The molecule has 88 valence electrons. The summed E-state index contributed by atoms with van der Waals surface area (Å²) in [5.41, 5.74) is 5.54. The lowest BCUT2D eigenvalue weighted by Crippen LogP contribution is -2.27. The predicted octanol–water partition coefficient (Wildman–Crippen LogP) is 2.40. The van der Waals surface area contributed by atoms with Gasteiger partial charge in [0.05, 0.1) is 0 Å². The van der Waals surface area contributed by atoms with Crippen LogP contribution in [0.4, 0.5) is 0 Å². The molecule has 2 heteroatoms. The summed E-state index contributed by atoms with van der Waals surface area (Å²) in [6.45, 7) is 9.27. The van der Waals surface area contributed by atoms with Gasteiger partial charge >= 0.3 is 0 Å². The van der Waals surface area contributed by atoms with Crippen LogP contribution in [0.2, 0.25) is 0 Å². The summed E-state index contributed by atoms with van der Waals surface area (Å²) >= 11 is 0. The predicted molar refractivity (Wildman–Crippen MR) is 66.9 cm³/mol. The van der Waals surface area contributed by atoms with Crippen LogP contribution < -0.4 is 5.73 Å². The Morgan fingerprint density at radius 1 is 1.47 bits per heavy atom. The lowest BCUT2D eigenvalue weighted by molar-refractivity contribution is 0.276. The van der Waals surface area contributed by atoms with Crippen molar-refractivity contribution in [3.8, 4) is 0 Å². The smallest absolute Gasteiger partial charge is 0.0163 e. The molecule has 0 saturated heterocycles. The standard InChI is InChI=1S/C13H26N2/c1-3-10-15(13-6-7-13)11-4-5-12(2)8-9-14/h3,12-13H,1,4-11,14H2,2H3. The molecular formula is C13H26N2. The molecule has 1 aliphatic carbocycles. The Morgan fingerprint density at radius 3 is 2.73 bits per heavy atom. The molecule has 1 rings (SSSR count). The Hall–Kier alpha value is -0.340. The van der Waals surface area contributed by atoms with Crippen molar-refractivity contribution in [2.75, 3.05) is 19.6 Å². The SMILES string of the molecule is C=CCN(CCCC(C)CCN)C1CC1. The fourth-order valence-electron chi connectivity index (χ4n) is 2.10. The Morgan fingerprint density at radius 2 is 2.20 bits per heavy atom. The summed E-state index contributed by atoms with van der Waals surface area (Å²) in [6.07, 6.45) is 8.62. The Bertz CT molecular complexity index is 175. The fourth-order valence-corrected chi connectivity index (χ4v) is 2.10. The first kappa shape index (κ1) is 12.7. The van der Waals surface area contributed by atoms with E-state index >= 15 is 0 Å². The van der Waals surface area contributed by atoms with Crippen LogP contribution in [0.1, 0.15) is 39.0 Å². The van der Waals surface area contributed by atoms with Gasteiger partial charge in [0.15, 0.2) is 0 Å². The van der Waals surface area contributed by atoms with Gasteiger partial charge in [-0.15, -0.1) is 6.58 Å². The second-order valence-corrected chi connectivity index (χ2v) is 4.84. The maximum Gasteiger partial charge on any atom is 0.0163 e.